The summed E-state index contributed by atoms with van der Waals surface area (Å²) in [6.07, 6.45) is 4.26. The number of aryl methyl sites for hydroxylation is 2. The van der Waals surface area contributed by atoms with Crippen LogP contribution >= 0.6 is 0 Å². The Morgan fingerprint density at radius 2 is 1.88 bits per heavy atom. The second kappa shape index (κ2) is 8.25. The van der Waals surface area contributed by atoms with Crippen LogP contribution in [0.25, 0.3) is 10.9 Å². The molecule has 0 saturated carbocycles. The maximum atomic E-state index is 12.6. The van der Waals surface area contributed by atoms with Crippen LogP contribution in [-0.4, -0.2) is 33.1 Å². The lowest BCUT2D eigenvalue weighted by atomic mass is 10.1. The van der Waals surface area contributed by atoms with Gasteiger partial charge in [-0.1, -0.05) is 6.07 Å². The molecule has 0 aliphatic heterocycles. The Morgan fingerprint density at radius 1 is 1.12 bits per heavy atom. The van der Waals surface area contributed by atoms with Crippen LogP contribution in [0.4, 0.5) is 0 Å². The molecule has 2 aromatic heterocycles. The van der Waals surface area contributed by atoms with Gasteiger partial charge in [-0.2, -0.15) is 0 Å². The number of aliphatic hydroxyl groups is 1. The number of fused-ring (bicyclic) bond motifs is 1. The van der Waals surface area contributed by atoms with Crippen LogP contribution in [-0.2, 0) is 13.1 Å². The Bertz CT molecular complexity index is 935. The van der Waals surface area contributed by atoms with Crippen molar-refractivity contribution < 1.29 is 5.11 Å². The molecule has 0 atom stereocenters. The molecule has 0 amide bonds. The second-order valence-corrected chi connectivity index (χ2v) is 6.81. The van der Waals surface area contributed by atoms with E-state index in [1.807, 2.05) is 32.0 Å². The van der Waals surface area contributed by atoms with E-state index in [0.717, 1.165) is 46.4 Å². The molecule has 0 saturated heterocycles. The van der Waals surface area contributed by atoms with Gasteiger partial charge >= 0.3 is 0 Å². The molecule has 5 heteroatoms. The third kappa shape index (κ3) is 4.36. The standard InChI is InChI=1S/C21H25N3O2/c1-15-10-16(2)21-19(11-15)20(26)12-18(23-21)14-24(8-3-9-25)13-17-4-6-22-7-5-17/h4-7,10-12,25H,3,8-9,13-14H2,1-2H3,(H,23,26). The van der Waals surface area contributed by atoms with E-state index in [1.54, 1.807) is 18.5 Å². The molecule has 1 aromatic carbocycles. The third-order valence-electron chi connectivity index (χ3n) is 4.52. The summed E-state index contributed by atoms with van der Waals surface area (Å²) in [4.78, 5) is 22.3. The van der Waals surface area contributed by atoms with Gasteiger partial charge in [-0.25, -0.2) is 0 Å². The molecule has 0 radical (unpaired) electrons. The van der Waals surface area contributed by atoms with Gasteiger partial charge in [-0.15, -0.1) is 0 Å². The number of rotatable bonds is 7. The van der Waals surface area contributed by atoms with Gasteiger partial charge in [0.15, 0.2) is 5.43 Å². The molecule has 0 aliphatic rings. The summed E-state index contributed by atoms with van der Waals surface area (Å²) in [5, 5.41) is 9.94. The molecular weight excluding hydrogens is 326 g/mol. The Balaban J connectivity index is 1.89. The first kappa shape index (κ1) is 18.3. The topological polar surface area (TPSA) is 69.2 Å². The van der Waals surface area contributed by atoms with Crippen molar-refractivity contribution in [3.05, 3.63) is 75.3 Å². The number of aromatic amines is 1. The summed E-state index contributed by atoms with van der Waals surface area (Å²) in [5.41, 5.74) is 5.18. The molecule has 0 fully saturated rings. The number of nitrogens with one attached hydrogen (secondary N) is 1. The van der Waals surface area contributed by atoms with E-state index in [1.165, 1.54) is 0 Å². The molecule has 5 nitrogen and oxygen atoms in total. The average molecular weight is 351 g/mol. The average Bonchev–Trinajstić information content (AvgIpc) is 2.61. The molecule has 3 rings (SSSR count). The summed E-state index contributed by atoms with van der Waals surface area (Å²) in [5.74, 6) is 0. The normalized spacial score (nSPS) is 11.4. The monoisotopic (exact) mass is 351 g/mol. The number of nitrogens with zero attached hydrogens (tertiary/aromatic N) is 2. The maximum Gasteiger partial charge on any atom is 0.189 e. The Hall–Kier alpha value is -2.50. The number of H-pyrrole nitrogens is 1. The third-order valence-corrected chi connectivity index (χ3v) is 4.52. The number of benzene rings is 1. The fourth-order valence-electron chi connectivity index (χ4n) is 3.34. The smallest absolute Gasteiger partial charge is 0.189 e. The lowest BCUT2D eigenvalue weighted by molar-refractivity contribution is 0.211. The number of aromatic nitrogens is 2. The highest BCUT2D eigenvalue weighted by Crippen LogP contribution is 2.17. The quantitative estimate of drug-likeness (QED) is 0.687. The maximum absolute atomic E-state index is 12.6. The highest BCUT2D eigenvalue weighted by Gasteiger charge is 2.11. The number of hydrogen-bond donors (Lipinski definition) is 2. The van der Waals surface area contributed by atoms with Gasteiger partial charge in [0, 0.05) is 55.8 Å². The molecule has 3 aromatic rings. The number of pyridine rings is 2. The summed E-state index contributed by atoms with van der Waals surface area (Å²) in [7, 11) is 0. The van der Waals surface area contributed by atoms with E-state index in [4.69, 9.17) is 0 Å². The SMILES string of the molecule is Cc1cc(C)c2[nH]c(CN(CCCO)Cc3ccncc3)cc(=O)c2c1. The molecule has 26 heavy (non-hydrogen) atoms. The van der Waals surface area contributed by atoms with E-state index in [-0.39, 0.29) is 12.0 Å². The van der Waals surface area contributed by atoms with Crippen LogP contribution in [0.5, 0.6) is 0 Å². The zero-order valence-electron chi connectivity index (χ0n) is 15.3. The lowest BCUT2D eigenvalue weighted by Gasteiger charge is -2.22. The van der Waals surface area contributed by atoms with Gasteiger partial charge in [0.2, 0.25) is 0 Å². The Labute approximate surface area is 153 Å². The van der Waals surface area contributed by atoms with Crippen molar-refractivity contribution in [3.63, 3.8) is 0 Å². The van der Waals surface area contributed by atoms with Gasteiger partial charge in [0.05, 0.1) is 5.52 Å². The van der Waals surface area contributed by atoms with Crippen LogP contribution in [0, 0.1) is 13.8 Å². The second-order valence-electron chi connectivity index (χ2n) is 6.81. The van der Waals surface area contributed by atoms with Crippen molar-refractivity contribution in [2.75, 3.05) is 13.2 Å². The van der Waals surface area contributed by atoms with Crippen LogP contribution in [0.2, 0.25) is 0 Å². The van der Waals surface area contributed by atoms with Crippen molar-refractivity contribution in [2.24, 2.45) is 0 Å². The minimum atomic E-state index is 0.0477. The van der Waals surface area contributed by atoms with E-state index >= 15 is 0 Å². The zero-order chi connectivity index (χ0) is 18.5. The Kier molecular flexibility index (Phi) is 5.81. The van der Waals surface area contributed by atoms with E-state index in [2.05, 4.69) is 20.9 Å². The first-order valence-electron chi connectivity index (χ1n) is 8.92. The zero-order valence-corrected chi connectivity index (χ0v) is 15.3. The number of hydrogen-bond acceptors (Lipinski definition) is 4. The van der Waals surface area contributed by atoms with Crippen molar-refractivity contribution in [2.45, 2.75) is 33.4 Å². The largest absolute Gasteiger partial charge is 0.396 e. The van der Waals surface area contributed by atoms with Crippen molar-refractivity contribution in [1.29, 1.82) is 0 Å². The van der Waals surface area contributed by atoms with E-state index in [9.17, 15) is 9.90 Å². The van der Waals surface area contributed by atoms with Gasteiger partial charge < -0.3 is 10.1 Å². The summed E-state index contributed by atoms with van der Waals surface area (Å²) in [6, 6.07) is 9.69. The van der Waals surface area contributed by atoms with Crippen LogP contribution in [0.15, 0.2) is 47.5 Å². The Morgan fingerprint density at radius 3 is 2.62 bits per heavy atom. The molecule has 0 unspecified atom stereocenters. The van der Waals surface area contributed by atoms with Gasteiger partial charge in [0.1, 0.15) is 0 Å². The highest BCUT2D eigenvalue weighted by atomic mass is 16.3. The summed E-state index contributed by atoms with van der Waals surface area (Å²) in [6.45, 7) is 6.31. The van der Waals surface area contributed by atoms with Crippen molar-refractivity contribution >= 4 is 10.9 Å². The summed E-state index contributed by atoms with van der Waals surface area (Å²) >= 11 is 0. The fourth-order valence-corrected chi connectivity index (χ4v) is 3.34. The van der Waals surface area contributed by atoms with E-state index < -0.39 is 0 Å². The summed E-state index contributed by atoms with van der Waals surface area (Å²) < 4.78 is 0. The number of aliphatic hydroxyl groups excluding tert-OH is 1. The van der Waals surface area contributed by atoms with Gasteiger partial charge in [0.25, 0.3) is 0 Å². The predicted molar refractivity (Wildman–Crippen MR) is 104 cm³/mol. The van der Waals surface area contributed by atoms with Crippen molar-refractivity contribution in [1.82, 2.24) is 14.9 Å². The van der Waals surface area contributed by atoms with Crippen LogP contribution < -0.4 is 5.43 Å². The van der Waals surface area contributed by atoms with Gasteiger partial charge in [-0.3, -0.25) is 14.7 Å². The first-order valence-corrected chi connectivity index (χ1v) is 8.92. The van der Waals surface area contributed by atoms with Gasteiger partial charge in [-0.05, 0) is 55.2 Å². The minimum absolute atomic E-state index is 0.0477. The highest BCUT2D eigenvalue weighted by molar-refractivity contribution is 5.82. The molecule has 136 valence electrons. The molecule has 2 heterocycles. The van der Waals surface area contributed by atoms with Crippen molar-refractivity contribution in [3.8, 4) is 0 Å². The minimum Gasteiger partial charge on any atom is -0.396 e. The molecule has 0 aliphatic carbocycles. The molecule has 2 N–H and O–H groups in total. The van der Waals surface area contributed by atoms with Crippen LogP contribution in [0.1, 0.15) is 28.8 Å². The lowest BCUT2D eigenvalue weighted by Crippen LogP contribution is -2.26. The predicted octanol–water partition coefficient (Wildman–Crippen LogP) is 2.92. The van der Waals surface area contributed by atoms with Crippen LogP contribution in [0.3, 0.4) is 0 Å². The first-order chi connectivity index (χ1) is 12.6. The fraction of sp³-hybridized carbons (Fsp3) is 0.333. The molecule has 0 bridgehead atoms. The van der Waals surface area contributed by atoms with E-state index in [0.29, 0.717) is 13.0 Å². The molecule has 0 spiro atoms. The molecular formula is C21H25N3O2.